The Labute approximate surface area is 191 Å². The van der Waals surface area contributed by atoms with Crippen molar-refractivity contribution in [2.75, 3.05) is 17.7 Å². The highest BCUT2D eigenvalue weighted by Crippen LogP contribution is 2.47. The molecule has 0 unspecified atom stereocenters. The molecule has 4 heterocycles. The zero-order valence-electron chi connectivity index (χ0n) is 16.3. The second-order valence-electron chi connectivity index (χ2n) is 6.99. The second-order valence-corrected chi connectivity index (χ2v) is 8.89. The molecule has 2 aromatic rings. The highest BCUT2D eigenvalue weighted by Gasteiger charge is 2.49. The Kier molecular flexibility index (Phi) is 7.35. The van der Waals surface area contributed by atoms with Crippen molar-refractivity contribution in [3.05, 3.63) is 34.4 Å². The van der Waals surface area contributed by atoms with Crippen LogP contribution in [0.3, 0.4) is 0 Å². The maximum atomic E-state index is 12.4. The van der Waals surface area contributed by atoms with Crippen LogP contribution in [0.2, 0.25) is 0 Å². The highest BCUT2D eigenvalue weighted by molar-refractivity contribution is 8.13. The lowest BCUT2D eigenvalue weighted by Crippen LogP contribution is -2.49. The third kappa shape index (κ3) is 5.08. The van der Waals surface area contributed by atoms with Crippen LogP contribution in [0.5, 0.6) is 5.75 Å². The van der Waals surface area contributed by atoms with Crippen molar-refractivity contribution in [2.45, 2.75) is 31.6 Å². The third-order valence-electron chi connectivity index (χ3n) is 4.93. The molecular weight excluding hydrogens is 472 g/mol. The van der Waals surface area contributed by atoms with Gasteiger partial charge in [0, 0.05) is 17.1 Å². The molecule has 3 atom stereocenters. The number of carbonyl (C=O) groups is 1. The molecule has 1 saturated heterocycles. The van der Waals surface area contributed by atoms with Gasteiger partial charge in [0.2, 0.25) is 0 Å². The van der Waals surface area contributed by atoms with Gasteiger partial charge >= 0.3 is 6.61 Å². The van der Waals surface area contributed by atoms with Crippen LogP contribution < -0.4 is 15.8 Å². The van der Waals surface area contributed by atoms with Crippen molar-refractivity contribution in [1.82, 2.24) is 9.97 Å². The van der Waals surface area contributed by atoms with E-state index in [0.29, 0.717) is 17.6 Å². The number of hydrogen-bond donors (Lipinski definition) is 2. The van der Waals surface area contributed by atoms with Gasteiger partial charge in [0.1, 0.15) is 27.8 Å². The van der Waals surface area contributed by atoms with Gasteiger partial charge in [-0.2, -0.15) is 8.78 Å². The third-order valence-corrected chi connectivity index (χ3v) is 6.90. The maximum Gasteiger partial charge on any atom is 0.387 e. The number of pyridine rings is 1. The van der Waals surface area contributed by atoms with E-state index >= 15 is 0 Å². The molecule has 2 aromatic heterocycles. The van der Waals surface area contributed by atoms with Gasteiger partial charge in [-0.1, -0.05) is 11.8 Å². The highest BCUT2D eigenvalue weighted by atomic mass is 35.5. The van der Waals surface area contributed by atoms with Crippen molar-refractivity contribution >= 4 is 52.4 Å². The Hall–Kier alpha value is -2.02. The number of alkyl halides is 2. The average Bonchev–Trinajstić information content (AvgIpc) is 3.17. The second kappa shape index (κ2) is 9.63. The van der Waals surface area contributed by atoms with Crippen LogP contribution in [0.1, 0.15) is 28.8 Å². The molecule has 0 saturated carbocycles. The van der Waals surface area contributed by atoms with E-state index in [-0.39, 0.29) is 35.9 Å². The van der Waals surface area contributed by atoms with Crippen LogP contribution in [-0.4, -0.2) is 46.1 Å². The van der Waals surface area contributed by atoms with Gasteiger partial charge in [-0.15, -0.1) is 23.7 Å². The number of nitrogens with zero attached hydrogens (tertiary/aromatic N) is 3. The van der Waals surface area contributed by atoms with Gasteiger partial charge in [0.25, 0.3) is 5.91 Å². The van der Waals surface area contributed by atoms with Crippen molar-refractivity contribution in [3.63, 3.8) is 0 Å². The Balaban J connectivity index is 0.00000272. The molecule has 0 aromatic carbocycles. The van der Waals surface area contributed by atoms with E-state index in [1.165, 1.54) is 35.2 Å². The first-order valence-electron chi connectivity index (χ1n) is 9.13. The van der Waals surface area contributed by atoms with Gasteiger partial charge in [-0.25, -0.2) is 15.0 Å². The summed E-state index contributed by atoms with van der Waals surface area (Å²) in [6.45, 7) is -0.535. The van der Waals surface area contributed by atoms with Crippen LogP contribution in [0, 0.1) is 5.92 Å². The van der Waals surface area contributed by atoms with Crippen LogP contribution in [0.4, 0.5) is 14.6 Å². The van der Waals surface area contributed by atoms with Crippen LogP contribution >= 0.6 is 35.5 Å². The lowest BCUT2D eigenvalue weighted by molar-refractivity contribution is -0.0500. The fraction of sp³-hybridized carbons (Fsp3) is 0.444. The molecule has 31 heavy (non-hydrogen) atoms. The van der Waals surface area contributed by atoms with Gasteiger partial charge in [-0.3, -0.25) is 4.79 Å². The van der Waals surface area contributed by atoms with Gasteiger partial charge in [0.15, 0.2) is 5.17 Å². The summed E-state index contributed by atoms with van der Waals surface area (Å²) in [6.07, 6.45) is 2.05. The van der Waals surface area contributed by atoms with E-state index in [2.05, 4.69) is 20.0 Å². The molecule has 3 N–H and O–H groups in total. The molecule has 0 spiro atoms. The minimum atomic E-state index is -2.95. The largest absolute Gasteiger partial charge is 0.433 e. The molecule has 1 amide bonds. The predicted molar refractivity (Wildman–Crippen MR) is 117 cm³/mol. The van der Waals surface area contributed by atoms with E-state index in [9.17, 15) is 13.6 Å². The number of hydrogen-bond acceptors (Lipinski definition) is 9. The first-order valence-corrected chi connectivity index (χ1v) is 11.0. The number of aliphatic imine (C=N–C) groups is 1. The van der Waals surface area contributed by atoms with E-state index in [0.717, 1.165) is 23.4 Å². The van der Waals surface area contributed by atoms with Gasteiger partial charge in [-0.05, 0) is 25.5 Å². The number of ether oxygens (including phenoxy) is 2. The van der Waals surface area contributed by atoms with E-state index in [1.807, 2.05) is 6.92 Å². The Morgan fingerprint density at radius 3 is 2.97 bits per heavy atom. The number of aromatic nitrogens is 2. The summed E-state index contributed by atoms with van der Waals surface area (Å²) in [5.41, 5.74) is 5.40. The molecule has 0 radical (unpaired) electrons. The summed E-state index contributed by atoms with van der Waals surface area (Å²) in [4.78, 5) is 25.6. The van der Waals surface area contributed by atoms with Crippen molar-refractivity contribution in [1.29, 1.82) is 0 Å². The topological polar surface area (TPSA) is 112 Å². The first-order chi connectivity index (χ1) is 14.4. The molecule has 168 valence electrons. The zero-order valence-corrected chi connectivity index (χ0v) is 18.7. The summed E-state index contributed by atoms with van der Waals surface area (Å²) in [6, 6.07) is 2.55. The minimum Gasteiger partial charge on any atom is -0.433 e. The molecule has 0 aliphatic carbocycles. The molecule has 1 fully saturated rings. The van der Waals surface area contributed by atoms with Gasteiger partial charge < -0.3 is 20.5 Å². The molecule has 13 heteroatoms. The fourth-order valence-electron chi connectivity index (χ4n) is 3.48. The lowest BCUT2D eigenvalue weighted by atomic mass is 9.80. The van der Waals surface area contributed by atoms with E-state index in [4.69, 9.17) is 15.5 Å². The fourth-order valence-corrected chi connectivity index (χ4v) is 5.45. The summed E-state index contributed by atoms with van der Waals surface area (Å²) in [5.74, 6) is 0.784. The molecule has 2 aliphatic rings. The van der Waals surface area contributed by atoms with Crippen molar-refractivity contribution in [2.24, 2.45) is 16.6 Å². The summed E-state index contributed by atoms with van der Waals surface area (Å²) < 4.78 is 34.6. The smallest absolute Gasteiger partial charge is 0.387 e. The number of carbonyl (C=O) groups excluding carboxylic acids is 1. The number of fused-ring (bicyclic) bond motifs is 1. The SMILES string of the molecule is C[C@H]1C[C@H]2CSC(N)=N[C@@]2(c2nc(NC(=O)c3ccc(OC(F)F)cn3)cs2)CO1.Cl. The average molecular weight is 492 g/mol. The van der Waals surface area contributed by atoms with Crippen LogP contribution in [0.15, 0.2) is 28.7 Å². The number of amidine groups is 1. The number of rotatable bonds is 5. The molecule has 4 rings (SSSR count). The predicted octanol–water partition coefficient (Wildman–Crippen LogP) is 3.50. The summed E-state index contributed by atoms with van der Waals surface area (Å²) >= 11 is 2.91. The molecular formula is C18H20ClF2N5O3S2. The normalized spacial score (nSPS) is 25.2. The van der Waals surface area contributed by atoms with E-state index < -0.39 is 18.1 Å². The number of nitrogens with two attached hydrogens (primary N) is 1. The number of halogens is 3. The first kappa shape index (κ1) is 23.6. The van der Waals surface area contributed by atoms with Crippen LogP contribution in [-0.2, 0) is 10.3 Å². The number of thiazole rings is 1. The van der Waals surface area contributed by atoms with E-state index in [1.54, 1.807) is 5.38 Å². The van der Waals surface area contributed by atoms with Crippen LogP contribution in [0.25, 0.3) is 0 Å². The van der Waals surface area contributed by atoms with Crippen molar-refractivity contribution < 1.29 is 23.0 Å². The molecule has 8 nitrogen and oxygen atoms in total. The zero-order chi connectivity index (χ0) is 21.3. The Morgan fingerprint density at radius 2 is 2.26 bits per heavy atom. The number of anilines is 1. The number of thioether (sulfide) groups is 1. The number of nitrogens with one attached hydrogen (secondary N) is 1. The van der Waals surface area contributed by atoms with Crippen molar-refractivity contribution in [3.8, 4) is 5.75 Å². The maximum absolute atomic E-state index is 12.4. The standard InChI is InChI=1S/C18H19F2N5O3S2.ClH/c1-9-4-10-6-30-17(21)25-18(10,8-27-9)15-24-13(7-29-15)23-14(26)12-3-2-11(5-22-12)28-16(19)20;/h2-3,5,7,9-10,16H,4,6,8H2,1H3,(H2,21,25)(H,23,26);1H/t9-,10-,18-;/m0./s1. The summed E-state index contributed by atoms with van der Waals surface area (Å²) in [7, 11) is 0. The minimum absolute atomic E-state index is 0. The van der Waals surface area contributed by atoms with Gasteiger partial charge in [0.05, 0.1) is 18.9 Å². The quantitative estimate of drug-likeness (QED) is 0.658. The number of amides is 1. The Morgan fingerprint density at radius 1 is 1.45 bits per heavy atom. The summed E-state index contributed by atoms with van der Waals surface area (Å²) in [5, 5.41) is 5.62. The monoisotopic (exact) mass is 491 g/mol. The Bertz CT molecular complexity index is 962. The lowest BCUT2D eigenvalue weighted by Gasteiger charge is -2.44. The molecule has 0 bridgehead atoms. The molecule has 2 aliphatic heterocycles.